The molecule has 0 bridgehead atoms. The van der Waals surface area contributed by atoms with Crippen LogP contribution in [0.25, 0.3) is 0 Å². The number of morpholine rings is 1. The number of hydrogen-bond donors (Lipinski definition) is 1. The van der Waals surface area contributed by atoms with Crippen molar-refractivity contribution in [2.24, 2.45) is 5.73 Å². The Balaban J connectivity index is 1.71. The summed E-state index contributed by atoms with van der Waals surface area (Å²) in [7, 11) is 0. The molecular weight excluding hydrogens is 226 g/mol. The fraction of sp³-hybridized carbons (Fsp3) is 1.00. The summed E-state index contributed by atoms with van der Waals surface area (Å²) in [5, 5.41) is 0. The summed E-state index contributed by atoms with van der Waals surface area (Å²) in [5.74, 6) is 0. The monoisotopic (exact) mass is 253 g/mol. The van der Waals surface area contributed by atoms with Gasteiger partial charge in [0, 0.05) is 44.3 Å². The standard InChI is InChI=1S/C14H27N3O/c1-13(2)10-17(7-8-18-13)14(9-15)5-6-16(11-14)12-3-4-12/h12H,3-11,15H2,1-2H3. The minimum atomic E-state index is -0.0204. The van der Waals surface area contributed by atoms with E-state index in [9.17, 15) is 0 Å². The van der Waals surface area contributed by atoms with Crippen LogP contribution in [-0.2, 0) is 4.74 Å². The molecule has 18 heavy (non-hydrogen) atoms. The van der Waals surface area contributed by atoms with Crippen molar-refractivity contribution in [3.8, 4) is 0 Å². The first kappa shape index (κ1) is 12.9. The summed E-state index contributed by atoms with van der Waals surface area (Å²) in [4.78, 5) is 5.27. The average Bonchev–Trinajstić information content (AvgIpc) is 3.08. The lowest BCUT2D eigenvalue weighted by molar-refractivity contribution is -0.113. The summed E-state index contributed by atoms with van der Waals surface area (Å²) in [5.41, 5.74) is 6.35. The fourth-order valence-electron chi connectivity index (χ4n) is 3.61. The van der Waals surface area contributed by atoms with Crippen LogP contribution < -0.4 is 5.73 Å². The van der Waals surface area contributed by atoms with E-state index in [0.29, 0.717) is 0 Å². The van der Waals surface area contributed by atoms with E-state index < -0.39 is 0 Å². The number of nitrogens with two attached hydrogens (primary N) is 1. The zero-order valence-corrected chi connectivity index (χ0v) is 11.8. The van der Waals surface area contributed by atoms with Gasteiger partial charge in [0.1, 0.15) is 0 Å². The molecule has 2 aliphatic heterocycles. The minimum Gasteiger partial charge on any atom is -0.373 e. The van der Waals surface area contributed by atoms with E-state index in [0.717, 1.165) is 32.3 Å². The lowest BCUT2D eigenvalue weighted by Gasteiger charge is -2.47. The maximum absolute atomic E-state index is 6.16. The maximum Gasteiger partial charge on any atom is 0.0753 e. The topological polar surface area (TPSA) is 41.7 Å². The highest BCUT2D eigenvalue weighted by Crippen LogP contribution is 2.37. The highest BCUT2D eigenvalue weighted by atomic mass is 16.5. The molecule has 0 amide bonds. The SMILES string of the molecule is CC1(C)CN(C2(CN)CCN(C3CC3)C2)CCO1. The average molecular weight is 253 g/mol. The third-order valence-corrected chi connectivity index (χ3v) is 4.90. The Bertz CT molecular complexity index is 316. The third kappa shape index (κ3) is 2.31. The molecule has 0 aromatic rings. The first-order chi connectivity index (χ1) is 8.55. The molecule has 0 radical (unpaired) electrons. The van der Waals surface area contributed by atoms with E-state index in [4.69, 9.17) is 10.5 Å². The van der Waals surface area contributed by atoms with Gasteiger partial charge in [0.05, 0.1) is 12.2 Å². The molecule has 0 aromatic carbocycles. The number of nitrogens with zero attached hydrogens (tertiary/aromatic N) is 2. The molecule has 1 saturated carbocycles. The van der Waals surface area contributed by atoms with Crippen molar-refractivity contribution in [3.63, 3.8) is 0 Å². The van der Waals surface area contributed by atoms with Crippen LogP contribution in [-0.4, -0.2) is 66.3 Å². The normalized spacial score (nSPS) is 38.2. The van der Waals surface area contributed by atoms with E-state index in [2.05, 4.69) is 23.6 Å². The van der Waals surface area contributed by atoms with Crippen molar-refractivity contribution < 1.29 is 4.74 Å². The fourth-order valence-corrected chi connectivity index (χ4v) is 3.61. The maximum atomic E-state index is 6.16. The Morgan fingerprint density at radius 3 is 2.61 bits per heavy atom. The molecule has 1 unspecified atom stereocenters. The van der Waals surface area contributed by atoms with Gasteiger partial charge in [0.2, 0.25) is 0 Å². The predicted octanol–water partition coefficient (Wildman–Crippen LogP) is 0.663. The lowest BCUT2D eigenvalue weighted by atomic mass is 9.93. The molecule has 2 heterocycles. The highest BCUT2D eigenvalue weighted by molar-refractivity contribution is 5.05. The van der Waals surface area contributed by atoms with Crippen molar-refractivity contribution >= 4 is 0 Å². The predicted molar refractivity (Wildman–Crippen MR) is 72.6 cm³/mol. The Labute approximate surface area is 110 Å². The summed E-state index contributed by atoms with van der Waals surface area (Å²) in [6.45, 7) is 10.5. The Morgan fingerprint density at radius 1 is 1.22 bits per heavy atom. The lowest BCUT2D eigenvalue weighted by Crippen LogP contribution is -2.62. The number of hydrogen-bond acceptors (Lipinski definition) is 4. The molecule has 3 fully saturated rings. The van der Waals surface area contributed by atoms with E-state index in [1.54, 1.807) is 0 Å². The van der Waals surface area contributed by atoms with Gasteiger partial charge in [-0.2, -0.15) is 0 Å². The molecule has 104 valence electrons. The van der Waals surface area contributed by atoms with E-state index >= 15 is 0 Å². The van der Waals surface area contributed by atoms with Crippen molar-refractivity contribution in [2.45, 2.75) is 50.3 Å². The summed E-state index contributed by atoms with van der Waals surface area (Å²) in [6.07, 6.45) is 4.03. The van der Waals surface area contributed by atoms with Crippen molar-refractivity contribution in [3.05, 3.63) is 0 Å². The summed E-state index contributed by atoms with van der Waals surface area (Å²) < 4.78 is 5.84. The van der Waals surface area contributed by atoms with Crippen LogP contribution in [0.3, 0.4) is 0 Å². The van der Waals surface area contributed by atoms with Crippen LogP contribution in [0.2, 0.25) is 0 Å². The third-order valence-electron chi connectivity index (χ3n) is 4.90. The second-order valence-corrected chi connectivity index (χ2v) is 6.91. The second-order valence-electron chi connectivity index (χ2n) is 6.91. The van der Waals surface area contributed by atoms with Gasteiger partial charge in [0.25, 0.3) is 0 Å². The van der Waals surface area contributed by atoms with E-state index in [1.807, 2.05) is 0 Å². The molecule has 4 heteroatoms. The van der Waals surface area contributed by atoms with Gasteiger partial charge in [-0.3, -0.25) is 9.80 Å². The van der Waals surface area contributed by atoms with Gasteiger partial charge in [-0.05, 0) is 33.1 Å². The van der Waals surface area contributed by atoms with Gasteiger partial charge in [-0.1, -0.05) is 0 Å². The molecule has 1 aliphatic carbocycles. The zero-order valence-electron chi connectivity index (χ0n) is 11.8. The van der Waals surface area contributed by atoms with Crippen LogP contribution >= 0.6 is 0 Å². The first-order valence-corrected chi connectivity index (χ1v) is 7.38. The molecule has 3 rings (SSSR count). The van der Waals surface area contributed by atoms with Crippen LogP contribution in [0.4, 0.5) is 0 Å². The first-order valence-electron chi connectivity index (χ1n) is 7.38. The van der Waals surface area contributed by atoms with Gasteiger partial charge in [-0.25, -0.2) is 0 Å². The van der Waals surface area contributed by atoms with Gasteiger partial charge in [0.15, 0.2) is 0 Å². The molecule has 0 spiro atoms. The van der Waals surface area contributed by atoms with Crippen LogP contribution in [0.15, 0.2) is 0 Å². The smallest absolute Gasteiger partial charge is 0.0753 e. The van der Waals surface area contributed by atoms with E-state index in [1.165, 1.54) is 32.4 Å². The van der Waals surface area contributed by atoms with Crippen molar-refractivity contribution in [2.75, 3.05) is 39.3 Å². The van der Waals surface area contributed by atoms with Crippen LogP contribution in [0, 0.1) is 0 Å². The largest absolute Gasteiger partial charge is 0.373 e. The highest BCUT2D eigenvalue weighted by Gasteiger charge is 2.47. The number of likely N-dealkylation sites (tertiary alicyclic amines) is 1. The van der Waals surface area contributed by atoms with Gasteiger partial charge < -0.3 is 10.5 Å². The minimum absolute atomic E-state index is 0.0204. The number of ether oxygens (including phenoxy) is 1. The van der Waals surface area contributed by atoms with Crippen molar-refractivity contribution in [1.29, 1.82) is 0 Å². The van der Waals surface area contributed by atoms with Crippen molar-refractivity contribution in [1.82, 2.24) is 9.80 Å². The summed E-state index contributed by atoms with van der Waals surface area (Å²) in [6, 6.07) is 0.868. The summed E-state index contributed by atoms with van der Waals surface area (Å²) >= 11 is 0. The molecule has 2 saturated heterocycles. The Hall–Kier alpha value is -0.160. The quantitative estimate of drug-likeness (QED) is 0.802. The van der Waals surface area contributed by atoms with Gasteiger partial charge in [-0.15, -0.1) is 0 Å². The van der Waals surface area contributed by atoms with E-state index in [-0.39, 0.29) is 11.1 Å². The number of rotatable bonds is 3. The molecule has 3 aliphatic rings. The Morgan fingerprint density at radius 2 is 2.00 bits per heavy atom. The molecular formula is C14H27N3O. The van der Waals surface area contributed by atoms with Crippen LogP contribution in [0.1, 0.15) is 33.1 Å². The molecule has 4 nitrogen and oxygen atoms in total. The zero-order chi connectivity index (χ0) is 12.8. The van der Waals surface area contributed by atoms with Gasteiger partial charge >= 0.3 is 0 Å². The molecule has 1 atom stereocenters. The Kier molecular flexibility index (Phi) is 3.17. The second kappa shape index (κ2) is 4.44. The van der Waals surface area contributed by atoms with Crippen LogP contribution in [0.5, 0.6) is 0 Å². The molecule has 2 N–H and O–H groups in total. The molecule has 0 aromatic heterocycles.